The third kappa shape index (κ3) is 2.93. The van der Waals surface area contributed by atoms with Gasteiger partial charge in [0.2, 0.25) is 0 Å². The van der Waals surface area contributed by atoms with Crippen molar-refractivity contribution in [3.63, 3.8) is 0 Å². The van der Waals surface area contributed by atoms with E-state index < -0.39 is 0 Å². The molecule has 1 aromatic rings. The molecule has 82 valence electrons. The predicted octanol–water partition coefficient (Wildman–Crippen LogP) is 3.20. The average molecular weight is 228 g/mol. The molecule has 0 bridgehead atoms. The zero-order valence-corrected chi connectivity index (χ0v) is 9.38. The minimum Gasteiger partial charge on any atom is -0.302 e. The average Bonchev–Trinajstić information content (AvgIpc) is 2.71. The monoisotopic (exact) mass is 227 g/mol. The molecule has 0 aromatic heterocycles. The maximum absolute atomic E-state index is 12.7. The van der Waals surface area contributed by atoms with Crippen LogP contribution >= 0.6 is 11.6 Å². The van der Waals surface area contributed by atoms with Crippen molar-refractivity contribution in [2.45, 2.75) is 18.2 Å². The van der Waals surface area contributed by atoms with E-state index in [1.54, 1.807) is 12.1 Å². The quantitative estimate of drug-likeness (QED) is 0.717. The van der Waals surface area contributed by atoms with Gasteiger partial charge >= 0.3 is 0 Å². The third-order valence-corrected chi connectivity index (χ3v) is 3.24. The van der Waals surface area contributed by atoms with Crippen molar-refractivity contribution in [3.05, 3.63) is 35.6 Å². The molecule has 0 radical (unpaired) electrons. The molecule has 3 heteroatoms. The first-order valence-electron chi connectivity index (χ1n) is 5.37. The second kappa shape index (κ2) is 4.95. The number of hydrogen-bond acceptors (Lipinski definition) is 1. The number of hydrogen-bond donors (Lipinski definition) is 0. The van der Waals surface area contributed by atoms with Crippen molar-refractivity contribution in [2.24, 2.45) is 0 Å². The maximum atomic E-state index is 12.7. The molecule has 0 aliphatic carbocycles. The van der Waals surface area contributed by atoms with E-state index in [2.05, 4.69) is 4.90 Å². The number of rotatable bonds is 3. The first-order chi connectivity index (χ1) is 7.25. The van der Waals surface area contributed by atoms with Gasteiger partial charge in [0, 0.05) is 6.54 Å². The van der Waals surface area contributed by atoms with Crippen LogP contribution in [-0.4, -0.2) is 24.5 Å². The molecule has 1 atom stereocenters. The highest BCUT2D eigenvalue weighted by atomic mass is 35.5. The molecule has 2 rings (SSSR count). The van der Waals surface area contributed by atoms with E-state index in [-0.39, 0.29) is 11.2 Å². The van der Waals surface area contributed by atoms with Gasteiger partial charge in [-0.15, -0.1) is 11.6 Å². The topological polar surface area (TPSA) is 3.24 Å². The van der Waals surface area contributed by atoms with Crippen molar-refractivity contribution in [3.8, 4) is 0 Å². The summed E-state index contributed by atoms with van der Waals surface area (Å²) in [6, 6.07) is 6.47. The van der Waals surface area contributed by atoms with Crippen LogP contribution in [0.15, 0.2) is 24.3 Å². The Labute approximate surface area is 94.8 Å². The minimum absolute atomic E-state index is 0.0244. The second-order valence-corrected chi connectivity index (χ2v) is 4.55. The molecule has 1 aliphatic heterocycles. The lowest BCUT2D eigenvalue weighted by atomic mass is 10.1. The predicted molar refractivity (Wildman–Crippen MR) is 60.7 cm³/mol. The van der Waals surface area contributed by atoms with Crippen molar-refractivity contribution in [1.82, 2.24) is 4.90 Å². The lowest BCUT2D eigenvalue weighted by Crippen LogP contribution is -2.23. The summed E-state index contributed by atoms with van der Waals surface area (Å²) < 4.78 is 12.7. The summed E-state index contributed by atoms with van der Waals surface area (Å²) in [4.78, 5) is 2.36. The van der Waals surface area contributed by atoms with Gasteiger partial charge in [-0.3, -0.25) is 0 Å². The van der Waals surface area contributed by atoms with Gasteiger partial charge in [0.25, 0.3) is 0 Å². The highest BCUT2D eigenvalue weighted by molar-refractivity contribution is 6.21. The largest absolute Gasteiger partial charge is 0.302 e. The molecular weight excluding hydrogens is 213 g/mol. The lowest BCUT2D eigenvalue weighted by Gasteiger charge is -2.18. The fraction of sp³-hybridized carbons (Fsp3) is 0.500. The Hall–Kier alpha value is -0.600. The minimum atomic E-state index is -0.205. The van der Waals surface area contributed by atoms with E-state index in [1.807, 2.05) is 0 Å². The van der Waals surface area contributed by atoms with Crippen molar-refractivity contribution >= 4 is 11.6 Å². The lowest BCUT2D eigenvalue weighted by molar-refractivity contribution is 0.339. The molecule has 1 aromatic carbocycles. The highest BCUT2D eigenvalue weighted by Gasteiger charge is 2.16. The van der Waals surface area contributed by atoms with E-state index in [1.165, 1.54) is 25.0 Å². The molecule has 1 saturated heterocycles. The Balaban J connectivity index is 1.94. The maximum Gasteiger partial charge on any atom is 0.123 e. The Morgan fingerprint density at radius 3 is 2.40 bits per heavy atom. The molecular formula is C12H15ClFN. The smallest absolute Gasteiger partial charge is 0.123 e. The molecule has 1 nitrogen and oxygen atoms in total. The number of alkyl halides is 1. The summed E-state index contributed by atoms with van der Waals surface area (Å²) in [6.45, 7) is 3.15. The molecule has 1 aliphatic rings. The summed E-state index contributed by atoms with van der Waals surface area (Å²) in [6.07, 6.45) is 2.54. The zero-order valence-electron chi connectivity index (χ0n) is 8.63. The third-order valence-electron chi connectivity index (χ3n) is 2.85. The Kier molecular flexibility index (Phi) is 3.60. The molecule has 0 N–H and O–H groups in total. The summed E-state index contributed by atoms with van der Waals surface area (Å²) in [5.74, 6) is -0.205. The van der Waals surface area contributed by atoms with Crippen LogP contribution in [0.5, 0.6) is 0 Å². The van der Waals surface area contributed by atoms with Crippen LogP contribution in [0.3, 0.4) is 0 Å². The van der Waals surface area contributed by atoms with Crippen LogP contribution < -0.4 is 0 Å². The van der Waals surface area contributed by atoms with Gasteiger partial charge in [-0.1, -0.05) is 12.1 Å². The number of benzene rings is 1. The van der Waals surface area contributed by atoms with E-state index in [0.29, 0.717) is 0 Å². The molecule has 1 fully saturated rings. The van der Waals surface area contributed by atoms with Crippen LogP contribution in [0.1, 0.15) is 23.8 Å². The molecule has 1 unspecified atom stereocenters. The number of nitrogens with zero attached hydrogens (tertiary/aromatic N) is 1. The van der Waals surface area contributed by atoms with Gasteiger partial charge in [0.05, 0.1) is 5.38 Å². The van der Waals surface area contributed by atoms with E-state index in [9.17, 15) is 4.39 Å². The van der Waals surface area contributed by atoms with Crippen molar-refractivity contribution in [2.75, 3.05) is 19.6 Å². The SMILES string of the molecule is Fc1ccc(C(Cl)CN2CCCC2)cc1. The number of halogens is 2. The van der Waals surface area contributed by atoms with E-state index >= 15 is 0 Å². The summed E-state index contributed by atoms with van der Waals surface area (Å²) in [5.41, 5.74) is 1.00. The normalized spacial score (nSPS) is 19.3. The fourth-order valence-corrected chi connectivity index (χ4v) is 2.31. The van der Waals surface area contributed by atoms with Gasteiger partial charge in [-0.05, 0) is 43.6 Å². The first kappa shape index (κ1) is 10.9. The van der Waals surface area contributed by atoms with E-state index in [0.717, 1.165) is 25.2 Å². The van der Waals surface area contributed by atoms with Gasteiger partial charge in [-0.25, -0.2) is 4.39 Å². The van der Waals surface area contributed by atoms with Gasteiger partial charge in [0.1, 0.15) is 5.82 Å². The van der Waals surface area contributed by atoms with Gasteiger partial charge in [-0.2, -0.15) is 0 Å². The Morgan fingerprint density at radius 2 is 1.80 bits per heavy atom. The standard InChI is InChI=1S/C12H15ClFN/c13-12(9-15-7-1-2-8-15)10-3-5-11(14)6-4-10/h3-6,12H,1-2,7-9H2. The van der Waals surface area contributed by atoms with Crippen LogP contribution in [0, 0.1) is 5.82 Å². The van der Waals surface area contributed by atoms with Crippen LogP contribution in [0.4, 0.5) is 4.39 Å². The van der Waals surface area contributed by atoms with Gasteiger partial charge < -0.3 is 4.90 Å². The zero-order chi connectivity index (χ0) is 10.7. The summed E-state index contributed by atoms with van der Waals surface area (Å²) in [7, 11) is 0. The van der Waals surface area contributed by atoms with Crippen molar-refractivity contribution < 1.29 is 4.39 Å². The van der Waals surface area contributed by atoms with Crippen LogP contribution in [0.25, 0.3) is 0 Å². The second-order valence-electron chi connectivity index (χ2n) is 4.03. The molecule has 0 saturated carbocycles. The van der Waals surface area contributed by atoms with E-state index in [4.69, 9.17) is 11.6 Å². The van der Waals surface area contributed by atoms with Crippen LogP contribution in [-0.2, 0) is 0 Å². The highest BCUT2D eigenvalue weighted by Crippen LogP contribution is 2.23. The number of likely N-dealkylation sites (tertiary alicyclic amines) is 1. The fourth-order valence-electron chi connectivity index (χ4n) is 1.97. The van der Waals surface area contributed by atoms with Gasteiger partial charge in [0.15, 0.2) is 0 Å². The molecule has 0 amide bonds. The Bertz CT molecular complexity index is 306. The Morgan fingerprint density at radius 1 is 1.20 bits per heavy atom. The molecule has 1 heterocycles. The summed E-state index contributed by atoms with van der Waals surface area (Å²) >= 11 is 6.27. The molecule has 0 spiro atoms. The summed E-state index contributed by atoms with van der Waals surface area (Å²) in [5, 5.41) is -0.0244. The first-order valence-corrected chi connectivity index (χ1v) is 5.81. The molecule has 15 heavy (non-hydrogen) atoms. The van der Waals surface area contributed by atoms with Crippen molar-refractivity contribution in [1.29, 1.82) is 0 Å². The van der Waals surface area contributed by atoms with Crippen LogP contribution in [0.2, 0.25) is 0 Å².